The fourth-order valence-corrected chi connectivity index (χ4v) is 9.98. The van der Waals surface area contributed by atoms with Crippen molar-refractivity contribution in [2.45, 2.75) is 95.4 Å². The van der Waals surface area contributed by atoms with Gasteiger partial charge in [0, 0.05) is 22.7 Å². The van der Waals surface area contributed by atoms with Gasteiger partial charge in [-0.05, 0) is 87.3 Å². The molecule has 6 aliphatic carbocycles. The molecule has 0 spiro atoms. The molecule has 7 nitrogen and oxygen atoms in total. The molecule has 5 saturated carbocycles. The van der Waals surface area contributed by atoms with E-state index < -0.39 is 76.9 Å². The first-order valence-electron chi connectivity index (χ1n) is 14.4. The molecule has 0 aromatic rings. The van der Waals surface area contributed by atoms with Gasteiger partial charge in [-0.15, -0.1) is 0 Å². The summed E-state index contributed by atoms with van der Waals surface area (Å²) in [5.74, 6) is -3.46. The topological polar surface area (TPSA) is 99.1 Å². The molecule has 0 radical (unpaired) electrons. The molecular formula is C30H37F3O7. The molecule has 0 saturated heterocycles. The van der Waals surface area contributed by atoms with Gasteiger partial charge in [0.25, 0.3) is 0 Å². The van der Waals surface area contributed by atoms with Gasteiger partial charge in [-0.2, -0.15) is 0 Å². The molecule has 5 fully saturated rings. The molecule has 0 aromatic carbocycles. The summed E-state index contributed by atoms with van der Waals surface area (Å²) >= 11 is 0. The normalized spacial score (nSPS) is 50.5. The Morgan fingerprint density at radius 3 is 2.52 bits per heavy atom. The van der Waals surface area contributed by atoms with E-state index in [2.05, 4.69) is 0 Å². The van der Waals surface area contributed by atoms with Crippen LogP contribution < -0.4 is 0 Å². The quantitative estimate of drug-likeness (QED) is 0.473. The van der Waals surface area contributed by atoms with Crippen LogP contribution in [0.2, 0.25) is 0 Å². The van der Waals surface area contributed by atoms with Crippen molar-refractivity contribution in [3.8, 4) is 0 Å². The monoisotopic (exact) mass is 566 g/mol. The number of rotatable bonds is 4. The summed E-state index contributed by atoms with van der Waals surface area (Å²) in [6.45, 7) is 3.27. The van der Waals surface area contributed by atoms with Crippen LogP contribution in [0.15, 0.2) is 23.8 Å². The predicted octanol–water partition coefficient (Wildman–Crippen LogP) is 5.10. The van der Waals surface area contributed by atoms with Crippen LogP contribution in [0.5, 0.6) is 0 Å². The number of ether oxygens (including phenoxy) is 3. The highest BCUT2D eigenvalue weighted by molar-refractivity contribution is 6.01. The highest BCUT2D eigenvalue weighted by atomic mass is 19.1. The smallest absolute Gasteiger partial charge is 0.431 e. The Morgan fingerprint density at radius 2 is 1.88 bits per heavy atom. The van der Waals surface area contributed by atoms with Gasteiger partial charge in [-0.1, -0.05) is 19.9 Å². The standard InChI is InChI=1S/C30H37F3O7/c1-15-8-19-20-12-22(32)21-11-18(34)6-7-27(21,2)29(20,33)24(35)13-28(19,3)30(15,25(36)38-14-31)40-26(37)39-23-10-16-4-5-17(23)9-16/h6-7,11,15-17,19-20,22-24,35H,4-5,8-10,12-14H2,1-3H3/t15-,16-,17+,19+,20+,22+,23+,24+,27+,28+,29+,30+/m1/s1. The lowest BCUT2D eigenvalue weighted by Gasteiger charge is -2.62. The van der Waals surface area contributed by atoms with Crippen LogP contribution in [0.25, 0.3) is 0 Å². The molecule has 6 rings (SSSR count). The number of ketones is 1. The number of hydrogen-bond acceptors (Lipinski definition) is 7. The lowest BCUT2D eigenvalue weighted by Crippen LogP contribution is -2.71. The summed E-state index contributed by atoms with van der Waals surface area (Å²) < 4.78 is 63.0. The van der Waals surface area contributed by atoms with Crippen molar-refractivity contribution >= 4 is 17.9 Å². The van der Waals surface area contributed by atoms with Gasteiger partial charge in [-0.25, -0.2) is 22.8 Å². The van der Waals surface area contributed by atoms with Crippen molar-refractivity contribution in [2.75, 3.05) is 6.86 Å². The lowest BCUT2D eigenvalue weighted by atomic mass is 9.44. The van der Waals surface area contributed by atoms with Gasteiger partial charge >= 0.3 is 12.1 Å². The zero-order valence-electron chi connectivity index (χ0n) is 23.0. The molecule has 10 heteroatoms. The summed E-state index contributed by atoms with van der Waals surface area (Å²) in [5, 5.41) is 11.6. The van der Waals surface area contributed by atoms with Crippen LogP contribution in [0.3, 0.4) is 0 Å². The molecular weight excluding hydrogens is 529 g/mol. The summed E-state index contributed by atoms with van der Waals surface area (Å²) in [7, 11) is 0. The maximum absolute atomic E-state index is 17.5. The average molecular weight is 567 g/mol. The molecule has 0 unspecified atom stereocenters. The molecule has 40 heavy (non-hydrogen) atoms. The zero-order valence-corrected chi connectivity index (χ0v) is 23.0. The maximum Gasteiger partial charge on any atom is 0.509 e. The van der Waals surface area contributed by atoms with Crippen LogP contribution in [-0.4, -0.2) is 59.5 Å². The second-order valence-corrected chi connectivity index (χ2v) is 13.5. The first-order chi connectivity index (χ1) is 18.8. The van der Waals surface area contributed by atoms with E-state index in [1.54, 1.807) is 13.8 Å². The minimum absolute atomic E-state index is 0.0127. The molecule has 0 aromatic heterocycles. The van der Waals surface area contributed by atoms with Crippen LogP contribution in [0.1, 0.15) is 65.7 Å². The fourth-order valence-electron chi connectivity index (χ4n) is 9.98. The number of carbonyl (C=O) groups excluding carboxylic acids is 3. The van der Waals surface area contributed by atoms with E-state index in [0.717, 1.165) is 25.3 Å². The van der Waals surface area contributed by atoms with Crippen molar-refractivity contribution < 1.29 is 46.9 Å². The number of aliphatic hydroxyl groups excluding tert-OH is 1. The van der Waals surface area contributed by atoms with Crippen molar-refractivity contribution in [1.29, 1.82) is 0 Å². The highest BCUT2D eigenvalue weighted by Gasteiger charge is 2.79. The van der Waals surface area contributed by atoms with Crippen LogP contribution in [-0.2, 0) is 23.8 Å². The molecule has 0 aliphatic heterocycles. The predicted molar refractivity (Wildman–Crippen MR) is 135 cm³/mol. The zero-order chi connectivity index (χ0) is 28.8. The van der Waals surface area contributed by atoms with Crippen molar-refractivity contribution in [2.24, 2.45) is 40.4 Å². The summed E-state index contributed by atoms with van der Waals surface area (Å²) in [6, 6.07) is 0. The number of carbonyl (C=O) groups is 3. The molecule has 12 atom stereocenters. The van der Waals surface area contributed by atoms with Crippen LogP contribution >= 0.6 is 0 Å². The Labute approximate surface area is 231 Å². The largest absolute Gasteiger partial charge is 0.509 e. The average Bonchev–Trinajstić information content (AvgIpc) is 3.56. The van der Waals surface area contributed by atoms with E-state index in [-0.39, 0.29) is 36.9 Å². The van der Waals surface area contributed by atoms with E-state index in [1.807, 2.05) is 0 Å². The Kier molecular flexibility index (Phi) is 6.30. The number of fused-ring (bicyclic) bond motifs is 7. The van der Waals surface area contributed by atoms with Gasteiger partial charge in [0.05, 0.1) is 6.10 Å². The Hall–Kier alpha value is -2.36. The number of halogens is 3. The minimum atomic E-state index is -2.37. The number of hydrogen-bond donors (Lipinski definition) is 1. The van der Waals surface area contributed by atoms with Gasteiger partial charge in [0.15, 0.2) is 11.5 Å². The summed E-state index contributed by atoms with van der Waals surface area (Å²) in [5.41, 5.74) is -7.48. The van der Waals surface area contributed by atoms with E-state index in [4.69, 9.17) is 14.2 Å². The van der Waals surface area contributed by atoms with Gasteiger partial charge < -0.3 is 19.3 Å². The van der Waals surface area contributed by atoms with Gasteiger partial charge in [0.1, 0.15) is 12.3 Å². The minimum Gasteiger partial charge on any atom is -0.431 e. The first kappa shape index (κ1) is 27.8. The summed E-state index contributed by atoms with van der Waals surface area (Å²) in [6.07, 6.45) is 2.04. The molecule has 220 valence electrons. The van der Waals surface area contributed by atoms with E-state index in [9.17, 15) is 23.9 Å². The second-order valence-electron chi connectivity index (χ2n) is 13.5. The van der Waals surface area contributed by atoms with Crippen molar-refractivity contribution in [1.82, 2.24) is 0 Å². The number of alkyl halides is 3. The maximum atomic E-state index is 17.5. The van der Waals surface area contributed by atoms with Crippen LogP contribution in [0.4, 0.5) is 18.0 Å². The summed E-state index contributed by atoms with van der Waals surface area (Å²) in [4.78, 5) is 38.9. The molecule has 0 amide bonds. The Morgan fingerprint density at radius 1 is 1.12 bits per heavy atom. The third kappa shape index (κ3) is 3.43. The number of esters is 1. The highest BCUT2D eigenvalue weighted by Crippen LogP contribution is 2.71. The lowest BCUT2D eigenvalue weighted by molar-refractivity contribution is -0.235. The van der Waals surface area contributed by atoms with E-state index in [1.165, 1.54) is 19.1 Å². The first-order valence-corrected chi connectivity index (χ1v) is 14.4. The Balaban J connectivity index is 1.38. The van der Waals surface area contributed by atoms with Gasteiger partial charge in [-0.3, -0.25) is 4.79 Å². The molecule has 6 aliphatic rings. The Bertz CT molecular complexity index is 1190. The SMILES string of the molecule is C[C@@H]1C[C@H]2[C@@H]3C[C@H](F)C4=CC(=O)C=C[C@]4(C)[C@@]3(F)[C@@H](O)C[C@]2(C)[C@@]1(OC(=O)O[C@H]1C[C@@H]2CC[C@H]1C2)C(=O)OCF. The molecule has 1 N–H and O–H groups in total. The molecule has 2 bridgehead atoms. The number of aliphatic hydroxyl groups is 1. The molecule has 0 heterocycles. The third-order valence-electron chi connectivity index (χ3n) is 11.8. The second kappa shape index (κ2) is 9.07. The van der Waals surface area contributed by atoms with Crippen LogP contribution in [0, 0.1) is 40.4 Å². The fraction of sp³-hybridized carbons (Fsp3) is 0.767. The van der Waals surface area contributed by atoms with E-state index >= 15 is 8.78 Å². The van der Waals surface area contributed by atoms with Gasteiger partial charge in [0.2, 0.25) is 12.5 Å². The van der Waals surface area contributed by atoms with Crippen molar-refractivity contribution in [3.05, 3.63) is 23.8 Å². The number of allylic oxidation sites excluding steroid dienone is 4. The third-order valence-corrected chi connectivity index (χ3v) is 11.8. The van der Waals surface area contributed by atoms with Crippen molar-refractivity contribution in [3.63, 3.8) is 0 Å². The van der Waals surface area contributed by atoms with E-state index in [0.29, 0.717) is 12.3 Å².